The van der Waals surface area contributed by atoms with Crippen LogP contribution < -0.4 is 5.32 Å². The fraction of sp³-hybridized carbons (Fsp3) is 0.375. The first-order chi connectivity index (χ1) is 6.75. The Kier molecular flexibility index (Phi) is 2.45. The maximum Gasteiger partial charge on any atom is 0.206 e. The predicted molar refractivity (Wildman–Crippen MR) is 55.3 cm³/mol. The molecule has 2 heterocycles. The maximum atomic E-state index is 4.16. The summed E-state index contributed by atoms with van der Waals surface area (Å²) in [6.45, 7) is 3.95. The summed E-state index contributed by atoms with van der Waals surface area (Å²) in [4.78, 5) is 7.20. The Balaban J connectivity index is 2.05. The molecule has 2 rings (SSSR count). The Labute approximate surface area is 85.6 Å². The van der Waals surface area contributed by atoms with Gasteiger partial charge in [0.25, 0.3) is 0 Å². The van der Waals surface area contributed by atoms with E-state index in [1.807, 2.05) is 13.8 Å². The van der Waals surface area contributed by atoms with E-state index in [0.29, 0.717) is 0 Å². The number of hydrogen-bond acceptors (Lipinski definition) is 5. The van der Waals surface area contributed by atoms with E-state index >= 15 is 0 Å². The van der Waals surface area contributed by atoms with E-state index < -0.39 is 0 Å². The molecule has 1 atom stereocenters. The average molecular weight is 209 g/mol. The topological polar surface area (TPSA) is 66.5 Å². The van der Waals surface area contributed by atoms with Crippen LogP contribution in [0.4, 0.5) is 5.13 Å². The van der Waals surface area contributed by atoms with Gasteiger partial charge in [0.1, 0.15) is 10.8 Å². The van der Waals surface area contributed by atoms with Crippen LogP contribution in [0.2, 0.25) is 0 Å². The molecule has 0 aliphatic carbocycles. The van der Waals surface area contributed by atoms with Crippen molar-refractivity contribution < 1.29 is 0 Å². The smallest absolute Gasteiger partial charge is 0.206 e. The lowest BCUT2D eigenvalue weighted by Crippen LogP contribution is -2.07. The molecule has 0 saturated heterocycles. The van der Waals surface area contributed by atoms with Gasteiger partial charge < -0.3 is 10.3 Å². The molecule has 0 amide bonds. The minimum absolute atomic E-state index is 0.123. The SMILES string of the molecule is Cc1nnc(NC(C)c2ncc[nH]2)s1. The fourth-order valence-corrected chi connectivity index (χ4v) is 1.80. The van der Waals surface area contributed by atoms with Crippen LogP contribution in [0, 0.1) is 6.92 Å². The highest BCUT2D eigenvalue weighted by atomic mass is 32.1. The Morgan fingerprint density at radius 3 is 2.93 bits per heavy atom. The van der Waals surface area contributed by atoms with E-state index in [4.69, 9.17) is 0 Å². The summed E-state index contributed by atoms with van der Waals surface area (Å²) in [5.41, 5.74) is 0. The second-order valence-electron chi connectivity index (χ2n) is 2.97. The van der Waals surface area contributed by atoms with E-state index in [0.717, 1.165) is 16.0 Å². The van der Waals surface area contributed by atoms with Gasteiger partial charge in [0.15, 0.2) is 0 Å². The number of rotatable bonds is 3. The molecule has 0 aliphatic rings. The van der Waals surface area contributed by atoms with E-state index in [1.54, 1.807) is 12.4 Å². The zero-order valence-electron chi connectivity index (χ0n) is 7.98. The zero-order valence-corrected chi connectivity index (χ0v) is 8.80. The third-order valence-corrected chi connectivity index (χ3v) is 2.57. The molecule has 5 nitrogen and oxygen atoms in total. The summed E-state index contributed by atoms with van der Waals surface area (Å²) < 4.78 is 0. The molecule has 0 saturated carbocycles. The third kappa shape index (κ3) is 1.90. The molecule has 2 aromatic heterocycles. The first kappa shape index (κ1) is 9.14. The number of aromatic amines is 1. The summed E-state index contributed by atoms with van der Waals surface area (Å²) in [6.07, 6.45) is 3.54. The summed E-state index contributed by atoms with van der Waals surface area (Å²) in [6, 6.07) is 0.123. The molecule has 0 fully saturated rings. The standard InChI is InChI=1S/C8H11N5S/c1-5(7-9-3-4-10-7)11-8-13-12-6(2)14-8/h3-5H,1-2H3,(H,9,10)(H,11,13). The van der Waals surface area contributed by atoms with Gasteiger partial charge in [-0.25, -0.2) is 4.98 Å². The second kappa shape index (κ2) is 3.75. The number of imidazole rings is 1. The average Bonchev–Trinajstić information content (AvgIpc) is 2.75. The quantitative estimate of drug-likeness (QED) is 0.808. The van der Waals surface area contributed by atoms with Crippen molar-refractivity contribution >= 4 is 16.5 Å². The minimum atomic E-state index is 0.123. The van der Waals surface area contributed by atoms with Crippen LogP contribution in [0.25, 0.3) is 0 Å². The van der Waals surface area contributed by atoms with Crippen LogP contribution in [0.15, 0.2) is 12.4 Å². The molecule has 14 heavy (non-hydrogen) atoms. The van der Waals surface area contributed by atoms with Crippen molar-refractivity contribution in [3.8, 4) is 0 Å². The summed E-state index contributed by atoms with van der Waals surface area (Å²) >= 11 is 1.54. The van der Waals surface area contributed by atoms with Gasteiger partial charge in [-0.3, -0.25) is 0 Å². The third-order valence-electron chi connectivity index (χ3n) is 1.80. The lowest BCUT2D eigenvalue weighted by atomic mass is 10.3. The number of anilines is 1. The van der Waals surface area contributed by atoms with Gasteiger partial charge in [-0.15, -0.1) is 10.2 Å². The van der Waals surface area contributed by atoms with Crippen molar-refractivity contribution in [2.75, 3.05) is 5.32 Å². The molecular formula is C8H11N5S. The molecule has 6 heteroatoms. The Hall–Kier alpha value is -1.43. The predicted octanol–water partition coefficient (Wildman–Crippen LogP) is 1.74. The minimum Gasteiger partial charge on any atom is -0.350 e. The molecule has 0 radical (unpaired) electrons. The highest BCUT2D eigenvalue weighted by molar-refractivity contribution is 7.15. The van der Waals surface area contributed by atoms with Crippen molar-refractivity contribution in [1.82, 2.24) is 20.2 Å². The van der Waals surface area contributed by atoms with Crippen LogP contribution >= 0.6 is 11.3 Å². The number of aromatic nitrogens is 4. The van der Waals surface area contributed by atoms with Crippen LogP contribution in [0.1, 0.15) is 23.8 Å². The van der Waals surface area contributed by atoms with Gasteiger partial charge in [0, 0.05) is 12.4 Å². The largest absolute Gasteiger partial charge is 0.350 e. The monoisotopic (exact) mass is 209 g/mol. The summed E-state index contributed by atoms with van der Waals surface area (Å²) in [5, 5.41) is 12.9. The fourth-order valence-electron chi connectivity index (χ4n) is 1.12. The Bertz CT molecular complexity index is 394. The van der Waals surface area contributed by atoms with Crippen LogP contribution in [0.5, 0.6) is 0 Å². The number of nitrogens with one attached hydrogen (secondary N) is 2. The number of aryl methyl sites for hydroxylation is 1. The molecule has 0 bridgehead atoms. The molecule has 0 aromatic carbocycles. The van der Waals surface area contributed by atoms with Crippen LogP contribution in [0.3, 0.4) is 0 Å². The second-order valence-corrected chi connectivity index (χ2v) is 4.15. The normalized spacial score (nSPS) is 12.7. The Morgan fingerprint density at radius 1 is 1.50 bits per heavy atom. The van der Waals surface area contributed by atoms with Gasteiger partial charge in [-0.2, -0.15) is 0 Å². The van der Waals surface area contributed by atoms with Gasteiger partial charge >= 0.3 is 0 Å². The van der Waals surface area contributed by atoms with E-state index in [1.165, 1.54) is 11.3 Å². The summed E-state index contributed by atoms with van der Waals surface area (Å²) in [7, 11) is 0. The first-order valence-electron chi connectivity index (χ1n) is 4.31. The lowest BCUT2D eigenvalue weighted by molar-refractivity contribution is 0.804. The van der Waals surface area contributed by atoms with Gasteiger partial charge in [-0.05, 0) is 13.8 Å². The van der Waals surface area contributed by atoms with Crippen LogP contribution in [-0.2, 0) is 0 Å². The zero-order chi connectivity index (χ0) is 9.97. The molecule has 0 spiro atoms. The molecular weight excluding hydrogens is 198 g/mol. The molecule has 74 valence electrons. The maximum absolute atomic E-state index is 4.16. The molecule has 2 N–H and O–H groups in total. The van der Waals surface area contributed by atoms with Gasteiger partial charge in [0.2, 0.25) is 5.13 Å². The van der Waals surface area contributed by atoms with Crippen molar-refractivity contribution in [2.45, 2.75) is 19.9 Å². The van der Waals surface area contributed by atoms with Crippen molar-refractivity contribution in [3.05, 3.63) is 23.2 Å². The van der Waals surface area contributed by atoms with E-state index in [9.17, 15) is 0 Å². The van der Waals surface area contributed by atoms with E-state index in [-0.39, 0.29) is 6.04 Å². The first-order valence-corrected chi connectivity index (χ1v) is 5.13. The van der Waals surface area contributed by atoms with E-state index in [2.05, 4.69) is 25.5 Å². The number of nitrogens with zero attached hydrogens (tertiary/aromatic N) is 3. The van der Waals surface area contributed by atoms with Crippen molar-refractivity contribution in [1.29, 1.82) is 0 Å². The Morgan fingerprint density at radius 2 is 2.36 bits per heavy atom. The number of hydrogen-bond donors (Lipinski definition) is 2. The molecule has 0 aliphatic heterocycles. The van der Waals surface area contributed by atoms with Gasteiger partial charge in [-0.1, -0.05) is 11.3 Å². The highest BCUT2D eigenvalue weighted by Crippen LogP contribution is 2.19. The van der Waals surface area contributed by atoms with Crippen LogP contribution in [-0.4, -0.2) is 20.2 Å². The van der Waals surface area contributed by atoms with Crippen molar-refractivity contribution in [3.63, 3.8) is 0 Å². The number of H-pyrrole nitrogens is 1. The lowest BCUT2D eigenvalue weighted by Gasteiger charge is -2.08. The molecule has 2 aromatic rings. The summed E-state index contributed by atoms with van der Waals surface area (Å²) in [5.74, 6) is 0.901. The van der Waals surface area contributed by atoms with Crippen molar-refractivity contribution in [2.24, 2.45) is 0 Å². The highest BCUT2D eigenvalue weighted by Gasteiger charge is 2.09. The molecule has 1 unspecified atom stereocenters. The van der Waals surface area contributed by atoms with Gasteiger partial charge in [0.05, 0.1) is 6.04 Å².